The van der Waals surface area contributed by atoms with Crippen molar-refractivity contribution >= 4 is 44.9 Å². The van der Waals surface area contributed by atoms with E-state index in [9.17, 15) is 27.9 Å². The number of hydrogen-bond donors (Lipinski definition) is 5. The summed E-state index contributed by atoms with van der Waals surface area (Å²) in [5, 5.41) is 20.1. The number of nitrogens with two attached hydrogens (primary N) is 1. The second-order valence-corrected chi connectivity index (χ2v) is 12.3. The number of hydrazone groups is 1. The van der Waals surface area contributed by atoms with E-state index in [0.717, 1.165) is 24.8 Å². The first-order valence-electron chi connectivity index (χ1n) is 14.0. The molecule has 6 N–H and O–H groups in total. The highest BCUT2D eigenvalue weighted by Gasteiger charge is 2.31. The topological polar surface area (TPSA) is 183 Å². The fraction of sp³-hybridized carbons (Fsp3) is 0.333. The van der Waals surface area contributed by atoms with Crippen molar-refractivity contribution in [2.45, 2.75) is 42.7 Å². The molecule has 0 radical (unpaired) electrons. The maximum absolute atomic E-state index is 13.4. The fourth-order valence-electron chi connectivity index (χ4n) is 5.08. The number of nitrogens with one attached hydrogen (secondary N) is 3. The standard InChI is InChI=1S/C30H36N6O6S/c31-33-20-36-14-6-9-22(19-36)18-32-28(37)17-26(29(38)34-27(30(39)40)15-21-7-2-1-3-8-21)35-43(41,42)25-13-12-23-10-4-5-11-24(23)16-25/h1-5,7-8,10-13,16,20,22,26-27,35H,6,9,14-15,17-19,31H2,(H,32,37)(H,34,38)(H,39,40)/t22-,26-,27+/m0/s1. The van der Waals surface area contributed by atoms with E-state index in [1.807, 2.05) is 17.0 Å². The number of carboxylic acid groups (broad SMARTS) is 1. The van der Waals surface area contributed by atoms with E-state index < -0.39 is 46.3 Å². The average Bonchev–Trinajstić information content (AvgIpc) is 3.00. The predicted molar refractivity (Wildman–Crippen MR) is 162 cm³/mol. The Hall–Kier alpha value is -4.49. The van der Waals surface area contributed by atoms with Crippen LogP contribution in [-0.4, -0.2) is 74.3 Å². The molecule has 1 heterocycles. The van der Waals surface area contributed by atoms with E-state index in [-0.39, 0.29) is 17.2 Å². The number of fused-ring (bicyclic) bond motifs is 1. The number of benzene rings is 3. The van der Waals surface area contributed by atoms with Gasteiger partial charge < -0.3 is 26.5 Å². The summed E-state index contributed by atoms with van der Waals surface area (Å²) in [5.74, 6) is 2.59. The normalized spacial score (nSPS) is 16.9. The van der Waals surface area contributed by atoms with Crippen molar-refractivity contribution in [2.24, 2.45) is 16.9 Å². The third-order valence-corrected chi connectivity index (χ3v) is 8.77. The zero-order chi connectivity index (χ0) is 30.8. The SMILES string of the molecule is NN=CN1CCC[C@@H](CNC(=O)C[C@H](NS(=O)(=O)c2ccc3ccccc3c2)C(=O)N[C@H](Cc2ccccc2)C(=O)O)C1. The molecule has 3 aromatic carbocycles. The zero-order valence-corrected chi connectivity index (χ0v) is 24.4. The summed E-state index contributed by atoms with van der Waals surface area (Å²) in [6.07, 6.45) is 2.75. The molecule has 0 aliphatic carbocycles. The minimum absolute atomic E-state index is 0.0253. The molecule has 0 unspecified atom stereocenters. The Balaban J connectivity index is 1.50. The smallest absolute Gasteiger partial charge is 0.326 e. The van der Waals surface area contributed by atoms with E-state index in [1.165, 1.54) is 12.1 Å². The Bertz CT molecular complexity index is 1570. The molecule has 12 nitrogen and oxygen atoms in total. The molecular formula is C30H36N6O6S. The van der Waals surface area contributed by atoms with Gasteiger partial charge in [-0.1, -0.05) is 60.7 Å². The first-order valence-corrected chi connectivity index (χ1v) is 15.5. The number of hydrogen-bond acceptors (Lipinski definition) is 7. The molecule has 4 rings (SSSR count). The van der Waals surface area contributed by atoms with Crippen LogP contribution in [0, 0.1) is 5.92 Å². The van der Waals surface area contributed by atoms with Gasteiger partial charge in [-0.05, 0) is 47.2 Å². The molecule has 2 amide bonds. The lowest BCUT2D eigenvalue weighted by atomic mass is 9.98. The highest BCUT2D eigenvalue weighted by molar-refractivity contribution is 7.89. The van der Waals surface area contributed by atoms with Gasteiger partial charge in [0.2, 0.25) is 21.8 Å². The maximum Gasteiger partial charge on any atom is 0.326 e. The predicted octanol–water partition coefficient (Wildman–Crippen LogP) is 1.42. The van der Waals surface area contributed by atoms with Crippen LogP contribution < -0.4 is 21.2 Å². The molecule has 0 saturated carbocycles. The van der Waals surface area contributed by atoms with Crippen molar-refractivity contribution in [3.63, 3.8) is 0 Å². The molecule has 1 aliphatic rings. The number of piperidine rings is 1. The number of likely N-dealkylation sites (tertiary alicyclic amines) is 1. The van der Waals surface area contributed by atoms with Crippen molar-refractivity contribution in [1.82, 2.24) is 20.3 Å². The van der Waals surface area contributed by atoms with E-state index >= 15 is 0 Å². The van der Waals surface area contributed by atoms with E-state index in [0.29, 0.717) is 24.0 Å². The number of carboxylic acids is 1. The summed E-state index contributed by atoms with van der Waals surface area (Å²) in [5.41, 5.74) is 0.669. The Kier molecular flexibility index (Phi) is 10.7. The van der Waals surface area contributed by atoms with E-state index in [4.69, 9.17) is 5.84 Å². The molecule has 13 heteroatoms. The number of rotatable bonds is 13. The quantitative estimate of drug-likeness (QED) is 0.0835. The lowest BCUT2D eigenvalue weighted by Crippen LogP contribution is -2.53. The minimum Gasteiger partial charge on any atom is -0.480 e. The molecule has 43 heavy (non-hydrogen) atoms. The van der Waals surface area contributed by atoms with Crippen LogP contribution >= 0.6 is 0 Å². The van der Waals surface area contributed by atoms with Gasteiger partial charge in [0.25, 0.3) is 0 Å². The van der Waals surface area contributed by atoms with Crippen molar-refractivity contribution < 1.29 is 27.9 Å². The second-order valence-electron chi connectivity index (χ2n) is 10.5. The number of carbonyl (C=O) groups is 3. The van der Waals surface area contributed by atoms with Crippen molar-refractivity contribution in [3.05, 3.63) is 78.4 Å². The van der Waals surface area contributed by atoms with Gasteiger partial charge in [0, 0.05) is 26.1 Å². The van der Waals surface area contributed by atoms with E-state index in [1.54, 1.807) is 54.9 Å². The van der Waals surface area contributed by atoms with Gasteiger partial charge in [0.1, 0.15) is 18.4 Å². The van der Waals surface area contributed by atoms with Crippen molar-refractivity contribution in [1.29, 1.82) is 0 Å². The maximum atomic E-state index is 13.4. The molecule has 3 aromatic rings. The Morgan fingerprint density at radius 2 is 1.74 bits per heavy atom. The number of sulfonamides is 1. The molecular weight excluding hydrogens is 572 g/mol. The molecule has 1 saturated heterocycles. The molecule has 1 fully saturated rings. The molecule has 0 aromatic heterocycles. The minimum atomic E-state index is -4.28. The highest BCUT2D eigenvalue weighted by atomic mass is 32.2. The number of aliphatic carboxylic acids is 1. The summed E-state index contributed by atoms with van der Waals surface area (Å²) < 4.78 is 29.2. The van der Waals surface area contributed by atoms with Crippen LogP contribution in [0.15, 0.2) is 82.8 Å². The van der Waals surface area contributed by atoms with Gasteiger partial charge in [0.15, 0.2) is 0 Å². The summed E-state index contributed by atoms with van der Waals surface area (Å²) in [4.78, 5) is 40.3. The molecule has 0 bridgehead atoms. The van der Waals surface area contributed by atoms with Crippen LogP contribution in [-0.2, 0) is 30.8 Å². The van der Waals surface area contributed by atoms with E-state index in [2.05, 4.69) is 20.5 Å². The van der Waals surface area contributed by atoms with Gasteiger partial charge in [-0.2, -0.15) is 9.82 Å². The lowest BCUT2D eigenvalue weighted by Gasteiger charge is -2.31. The Morgan fingerprint density at radius 1 is 1.02 bits per heavy atom. The molecule has 0 spiro atoms. The van der Waals surface area contributed by atoms with Crippen molar-refractivity contribution in [2.75, 3.05) is 19.6 Å². The molecule has 3 atom stereocenters. The third kappa shape index (κ3) is 9.00. The first kappa shape index (κ1) is 31.4. The Labute approximate surface area is 250 Å². The summed E-state index contributed by atoms with van der Waals surface area (Å²) >= 11 is 0. The fourth-order valence-corrected chi connectivity index (χ4v) is 6.31. The van der Waals surface area contributed by atoms with Gasteiger partial charge in [-0.15, -0.1) is 0 Å². The second kappa shape index (κ2) is 14.6. The first-order chi connectivity index (χ1) is 20.6. The summed E-state index contributed by atoms with van der Waals surface area (Å²) in [6, 6.07) is 17.6. The van der Waals surface area contributed by atoms with Gasteiger partial charge in [0.05, 0.1) is 11.3 Å². The largest absolute Gasteiger partial charge is 0.480 e. The van der Waals surface area contributed by atoms with Crippen LogP contribution in [0.5, 0.6) is 0 Å². The number of nitrogens with zero attached hydrogens (tertiary/aromatic N) is 2. The van der Waals surface area contributed by atoms with Crippen LogP contribution in [0.2, 0.25) is 0 Å². The average molecular weight is 609 g/mol. The molecule has 228 valence electrons. The zero-order valence-electron chi connectivity index (χ0n) is 23.6. The highest BCUT2D eigenvalue weighted by Crippen LogP contribution is 2.20. The van der Waals surface area contributed by atoms with Crippen LogP contribution in [0.25, 0.3) is 10.8 Å². The van der Waals surface area contributed by atoms with Gasteiger partial charge in [-0.3, -0.25) is 9.59 Å². The van der Waals surface area contributed by atoms with Crippen LogP contribution in [0.3, 0.4) is 0 Å². The number of amides is 2. The molecule has 1 aliphatic heterocycles. The number of carbonyl (C=O) groups excluding carboxylic acids is 2. The monoisotopic (exact) mass is 608 g/mol. The third-order valence-electron chi connectivity index (χ3n) is 7.30. The van der Waals surface area contributed by atoms with Gasteiger partial charge in [-0.25, -0.2) is 13.2 Å². The summed E-state index contributed by atoms with van der Waals surface area (Å²) in [7, 11) is -4.28. The van der Waals surface area contributed by atoms with Crippen LogP contribution in [0.4, 0.5) is 0 Å². The summed E-state index contributed by atoms with van der Waals surface area (Å²) in [6.45, 7) is 1.75. The van der Waals surface area contributed by atoms with Crippen LogP contribution in [0.1, 0.15) is 24.8 Å². The van der Waals surface area contributed by atoms with Crippen molar-refractivity contribution in [3.8, 4) is 0 Å². The van der Waals surface area contributed by atoms with Gasteiger partial charge >= 0.3 is 5.97 Å². The lowest BCUT2D eigenvalue weighted by molar-refractivity contribution is -0.142. The Morgan fingerprint density at radius 3 is 2.47 bits per heavy atom.